The van der Waals surface area contributed by atoms with Crippen molar-refractivity contribution in [1.82, 2.24) is 10.6 Å². The highest BCUT2D eigenvalue weighted by atomic mass is 127. The maximum absolute atomic E-state index is 5.90. The number of rotatable bonds is 4. The summed E-state index contributed by atoms with van der Waals surface area (Å²) >= 11 is 0. The predicted molar refractivity (Wildman–Crippen MR) is 97.4 cm³/mol. The molecule has 0 radical (unpaired) electrons. The number of aliphatic imine (C=N–C) groups is 1. The molecule has 0 aromatic carbocycles. The van der Waals surface area contributed by atoms with E-state index in [1.807, 2.05) is 7.05 Å². The second kappa shape index (κ2) is 7.49. The van der Waals surface area contributed by atoms with Gasteiger partial charge in [-0.05, 0) is 43.9 Å². The van der Waals surface area contributed by atoms with Crippen molar-refractivity contribution in [3.05, 3.63) is 0 Å². The number of hydrogen-bond donors (Lipinski definition) is 2. The molecule has 21 heavy (non-hydrogen) atoms. The average Bonchev–Trinajstić information content (AvgIpc) is 3.19. The Bertz CT molecular complexity index is 369. The Balaban J connectivity index is 0.00000161. The van der Waals surface area contributed by atoms with Crippen LogP contribution in [0, 0.1) is 5.41 Å². The maximum atomic E-state index is 5.90. The lowest BCUT2D eigenvalue weighted by Gasteiger charge is -2.30. The van der Waals surface area contributed by atoms with Gasteiger partial charge in [-0.3, -0.25) is 4.99 Å². The van der Waals surface area contributed by atoms with Gasteiger partial charge >= 0.3 is 0 Å². The summed E-state index contributed by atoms with van der Waals surface area (Å²) in [6, 6.07) is 0.459. The van der Waals surface area contributed by atoms with Crippen LogP contribution >= 0.6 is 24.0 Å². The predicted octanol–water partition coefficient (Wildman–Crippen LogP) is 3.06. The van der Waals surface area contributed by atoms with Crippen LogP contribution in [-0.4, -0.2) is 37.8 Å². The molecular formula is C16H30IN3O. The van der Waals surface area contributed by atoms with E-state index in [0.29, 0.717) is 23.7 Å². The molecule has 2 bridgehead atoms. The van der Waals surface area contributed by atoms with Crippen LogP contribution in [0.4, 0.5) is 0 Å². The Hall–Kier alpha value is -0.0400. The average molecular weight is 407 g/mol. The molecule has 2 aliphatic heterocycles. The van der Waals surface area contributed by atoms with Crippen LogP contribution in [0.2, 0.25) is 0 Å². The first kappa shape index (κ1) is 17.3. The Labute approximate surface area is 145 Å². The molecule has 2 heterocycles. The Kier molecular flexibility index (Phi) is 6.17. The number of guanidine groups is 1. The minimum absolute atomic E-state index is 0. The lowest BCUT2D eigenvalue weighted by atomic mass is 9.83. The maximum Gasteiger partial charge on any atom is 0.191 e. The highest BCUT2D eigenvalue weighted by Crippen LogP contribution is 2.40. The topological polar surface area (TPSA) is 45.7 Å². The van der Waals surface area contributed by atoms with Crippen LogP contribution < -0.4 is 10.6 Å². The van der Waals surface area contributed by atoms with Gasteiger partial charge in [0.1, 0.15) is 0 Å². The molecule has 3 fully saturated rings. The summed E-state index contributed by atoms with van der Waals surface area (Å²) in [5.74, 6) is 0.964. The van der Waals surface area contributed by atoms with Gasteiger partial charge in [0.15, 0.2) is 5.96 Å². The van der Waals surface area contributed by atoms with Crippen LogP contribution in [0.5, 0.6) is 0 Å². The van der Waals surface area contributed by atoms with E-state index < -0.39 is 0 Å². The normalized spacial score (nSPS) is 33.8. The minimum atomic E-state index is 0. The van der Waals surface area contributed by atoms with E-state index >= 15 is 0 Å². The molecule has 122 valence electrons. The number of fused-ring (bicyclic) bond motifs is 2. The van der Waals surface area contributed by atoms with Gasteiger partial charge in [0, 0.05) is 13.6 Å². The summed E-state index contributed by atoms with van der Waals surface area (Å²) in [5.41, 5.74) is 0.503. The Morgan fingerprint density at radius 1 is 1.29 bits per heavy atom. The number of ether oxygens (including phenoxy) is 1. The Morgan fingerprint density at radius 2 is 2.05 bits per heavy atom. The number of nitrogens with one attached hydrogen (secondary N) is 2. The fraction of sp³-hybridized carbons (Fsp3) is 0.938. The monoisotopic (exact) mass is 407 g/mol. The summed E-state index contributed by atoms with van der Waals surface area (Å²) in [5, 5.41) is 7.15. The summed E-state index contributed by atoms with van der Waals surface area (Å²) in [4.78, 5) is 4.40. The SMILES string of the molecule is CCC1(CNC(=NC)NC2CC3CCC2O3)CCCC1.I. The van der Waals surface area contributed by atoms with Gasteiger partial charge < -0.3 is 15.4 Å². The lowest BCUT2D eigenvalue weighted by Crippen LogP contribution is -2.49. The van der Waals surface area contributed by atoms with Crippen molar-refractivity contribution in [3.63, 3.8) is 0 Å². The molecule has 1 saturated carbocycles. The van der Waals surface area contributed by atoms with Crippen LogP contribution in [0.25, 0.3) is 0 Å². The van der Waals surface area contributed by atoms with Crippen molar-refractivity contribution in [3.8, 4) is 0 Å². The first-order valence-electron chi connectivity index (χ1n) is 8.37. The van der Waals surface area contributed by atoms with Crippen LogP contribution in [-0.2, 0) is 4.74 Å². The third-order valence-corrected chi connectivity index (χ3v) is 5.70. The Morgan fingerprint density at radius 3 is 2.57 bits per heavy atom. The number of halogens is 1. The zero-order valence-corrected chi connectivity index (χ0v) is 15.7. The lowest BCUT2D eigenvalue weighted by molar-refractivity contribution is 0.0992. The van der Waals surface area contributed by atoms with E-state index in [4.69, 9.17) is 4.74 Å². The van der Waals surface area contributed by atoms with Gasteiger partial charge in [-0.2, -0.15) is 0 Å². The smallest absolute Gasteiger partial charge is 0.191 e. The van der Waals surface area contributed by atoms with E-state index in [1.165, 1.54) is 44.9 Å². The molecule has 1 aliphatic carbocycles. The van der Waals surface area contributed by atoms with Crippen molar-refractivity contribution in [1.29, 1.82) is 0 Å². The summed E-state index contributed by atoms with van der Waals surface area (Å²) in [6.45, 7) is 3.39. The van der Waals surface area contributed by atoms with Crippen molar-refractivity contribution >= 4 is 29.9 Å². The second-order valence-corrected chi connectivity index (χ2v) is 6.85. The zero-order chi connectivity index (χ0) is 14.0. The number of hydrogen-bond acceptors (Lipinski definition) is 2. The van der Waals surface area contributed by atoms with Crippen molar-refractivity contribution in [2.45, 2.75) is 76.5 Å². The quantitative estimate of drug-likeness (QED) is 0.428. The van der Waals surface area contributed by atoms with Gasteiger partial charge in [-0.25, -0.2) is 0 Å². The minimum Gasteiger partial charge on any atom is -0.373 e. The van der Waals surface area contributed by atoms with Crippen molar-refractivity contribution in [2.75, 3.05) is 13.6 Å². The first-order chi connectivity index (χ1) is 9.74. The summed E-state index contributed by atoms with van der Waals surface area (Å²) < 4.78 is 5.90. The summed E-state index contributed by atoms with van der Waals surface area (Å²) in [7, 11) is 1.87. The number of nitrogens with zero attached hydrogens (tertiary/aromatic N) is 1. The van der Waals surface area contributed by atoms with Crippen LogP contribution in [0.3, 0.4) is 0 Å². The summed E-state index contributed by atoms with van der Waals surface area (Å²) in [6.07, 6.45) is 11.3. The largest absolute Gasteiger partial charge is 0.373 e. The molecule has 0 aromatic rings. The molecule has 3 unspecified atom stereocenters. The van der Waals surface area contributed by atoms with E-state index in [0.717, 1.165) is 18.9 Å². The molecule has 3 atom stereocenters. The van der Waals surface area contributed by atoms with Gasteiger partial charge in [-0.15, -0.1) is 24.0 Å². The van der Waals surface area contributed by atoms with Crippen molar-refractivity contribution < 1.29 is 4.74 Å². The van der Waals surface area contributed by atoms with Gasteiger partial charge in [-0.1, -0.05) is 19.8 Å². The van der Waals surface area contributed by atoms with E-state index in [-0.39, 0.29) is 24.0 Å². The third-order valence-electron chi connectivity index (χ3n) is 5.70. The van der Waals surface area contributed by atoms with E-state index in [9.17, 15) is 0 Å². The standard InChI is InChI=1S/C16H29N3O.HI/c1-3-16(8-4-5-9-16)11-18-15(17-2)19-13-10-12-6-7-14(13)20-12;/h12-14H,3-11H2,1-2H3,(H2,17,18,19);1H. The molecule has 0 aromatic heterocycles. The van der Waals surface area contributed by atoms with Gasteiger partial charge in [0.05, 0.1) is 18.2 Å². The molecule has 3 rings (SSSR count). The molecule has 0 spiro atoms. The molecule has 4 nitrogen and oxygen atoms in total. The molecular weight excluding hydrogens is 377 g/mol. The molecule has 2 saturated heterocycles. The fourth-order valence-electron chi connectivity index (χ4n) is 4.21. The third kappa shape index (κ3) is 3.84. The van der Waals surface area contributed by atoms with Gasteiger partial charge in [0.25, 0.3) is 0 Å². The molecule has 2 N–H and O–H groups in total. The van der Waals surface area contributed by atoms with E-state index in [1.54, 1.807) is 0 Å². The molecule has 0 amide bonds. The first-order valence-corrected chi connectivity index (χ1v) is 8.37. The fourth-order valence-corrected chi connectivity index (χ4v) is 4.21. The van der Waals surface area contributed by atoms with Gasteiger partial charge in [0.2, 0.25) is 0 Å². The van der Waals surface area contributed by atoms with Crippen LogP contribution in [0.1, 0.15) is 58.3 Å². The zero-order valence-electron chi connectivity index (χ0n) is 13.4. The van der Waals surface area contributed by atoms with Crippen molar-refractivity contribution in [2.24, 2.45) is 10.4 Å². The van der Waals surface area contributed by atoms with E-state index in [2.05, 4.69) is 22.5 Å². The second-order valence-electron chi connectivity index (χ2n) is 6.85. The molecule has 5 heteroatoms. The van der Waals surface area contributed by atoms with Crippen LogP contribution in [0.15, 0.2) is 4.99 Å². The molecule has 3 aliphatic rings. The highest BCUT2D eigenvalue weighted by molar-refractivity contribution is 14.0. The highest BCUT2D eigenvalue weighted by Gasteiger charge is 2.41.